The van der Waals surface area contributed by atoms with Gasteiger partial charge in [0.15, 0.2) is 5.76 Å². The number of rotatable bonds is 7. The minimum atomic E-state index is -3.19. The maximum Gasteiger partial charge on any atom is 0.233 e. The van der Waals surface area contributed by atoms with Crippen molar-refractivity contribution < 1.29 is 17.6 Å². The fourth-order valence-corrected chi connectivity index (χ4v) is 2.01. The first-order valence-corrected chi connectivity index (χ1v) is 7.73. The molecule has 0 atom stereocenters. The van der Waals surface area contributed by atoms with Gasteiger partial charge in [0.05, 0.1) is 12.0 Å². The Morgan fingerprint density at radius 3 is 2.75 bits per heavy atom. The summed E-state index contributed by atoms with van der Waals surface area (Å²) in [5.74, 6) is 1.00. The maximum atomic E-state index is 11.2. The van der Waals surface area contributed by atoms with Crippen LogP contribution in [0, 0.1) is 0 Å². The van der Waals surface area contributed by atoms with Crippen LogP contribution in [0.25, 0.3) is 11.5 Å². The Hall–Kier alpha value is -1.93. The fourth-order valence-electron chi connectivity index (χ4n) is 1.41. The lowest BCUT2D eigenvalue weighted by molar-refractivity contribution is 0.307. The van der Waals surface area contributed by atoms with Crippen LogP contribution >= 0.6 is 0 Å². The van der Waals surface area contributed by atoms with Crippen molar-refractivity contribution in [3.05, 3.63) is 30.5 Å². The molecule has 0 aliphatic carbocycles. The molecule has 2 heterocycles. The van der Waals surface area contributed by atoms with E-state index in [1.165, 1.54) is 0 Å². The molecule has 0 saturated heterocycles. The van der Waals surface area contributed by atoms with Crippen molar-refractivity contribution in [3.63, 3.8) is 0 Å². The molecule has 20 heavy (non-hydrogen) atoms. The zero-order chi connectivity index (χ0) is 14.4. The number of nitrogens with zero attached hydrogens (tertiary/aromatic N) is 2. The third kappa shape index (κ3) is 4.04. The summed E-state index contributed by atoms with van der Waals surface area (Å²) in [6, 6.07) is 6.92. The molecular weight excluding hydrogens is 282 g/mol. The van der Waals surface area contributed by atoms with E-state index in [9.17, 15) is 8.42 Å². The predicted molar refractivity (Wildman–Crippen MR) is 72.7 cm³/mol. The van der Waals surface area contributed by atoms with Crippen LogP contribution in [0.3, 0.4) is 0 Å². The van der Waals surface area contributed by atoms with Gasteiger partial charge in [-0.05, 0) is 25.1 Å². The Morgan fingerprint density at radius 1 is 1.30 bits per heavy atom. The van der Waals surface area contributed by atoms with Crippen LogP contribution < -0.4 is 9.46 Å². The third-order valence-electron chi connectivity index (χ3n) is 2.47. The third-order valence-corrected chi connectivity index (χ3v) is 3.87. The standard InChI is InChI=1S/C12H15N3O4S/c1-2-20(16,17)13-7-9-19-12-6-5-10(14-15-12)11-4-3-8-18-11/h3-6,8,13H,2,7,9H2,1H3. The lowest BCUT2D eigenvalue weighted by Gasteiger charge is -2.06. The second-order valence-electron chi connectivity index (χ2n) is 3.88. The molecule has 0 saturated carbocycles. The topological polar surface area (TPSA) is 94.3 Å². The van der Waals surface area contributed by atoms with Crippen LogP contribution in [0.2, 0.25) is 0 Å². The van der Waals surface area contributed by atoms with Crippen LogP contribution in [0.4, 0.5) is 0 Å². The smallest absolute Gasteiger partial charge is 0.233 e. The van der Waals surface area contributed by atoms with Gasteiger partial charge in [-0.1, -0.05) is 0 Å². The number of furan rings is 1. The SMILES string of the molecule is CCS(=O)(=O)NCCOc1ccc(-c2ccco2)nn1. The van der Waals surface area contributed by atoms with Gasteiger partial charge in [0, 0.05) is 12.6 Å². The first-order chi connectivity index (χ1) is 9.61. The molecule has 0 fully saturated rings. The lowest BCUT2D eigenvalue weighted by Crippen LogP contribution is -2.29. The van der Waals surface area contributed by atoms with Gasteiger partial charge in [-0.2, -0.15) is 0 Å². The second kappa shape index (κ2) is 6.49. The molecule has 0 bridgehead atoms. The first-order valence-electron chi connectivity index (χ1n) is 6.08. The summed E-state index contributed by atoms with van der Waals surface area (Å²) in [5, 5.41) is 7.84. The maximum absolute atomic E-state index is 11.2. The van der Waals surface area contributed by atoms with Crippen molar-refractivity contribution in [2.45, 2.75) is 6.92 Å². The molecule has 0 amide bonds. The molecule has 2 rings (SSSR count). The summed E-state index contributed by atoms with van der Waals surface area (Å²) in [4.78, 5) is 0. The largest absolute Gasteiger partial charge is 0.475 e. The minimum Gasteiger partial charge on any atom is -0.475 e. The van der Waals surface area contributed by atoms with E-state index >= 15 is 0 Å². The molecule has 2 aromatic heterocycles. The van der Waals surface area contributed by atoms with Crippen LogP contribution in [0.1, 0.15) is 6.92 Å². The monoisotopic (exact) mass is 297 g/mol. The van der Waals surface area contributed by atoms with Crippen molar-refractivity contribution in [1.29, 1.82) is 0 Å². The number of aromatic nitrogens is 2. The normalized spacial score (nSPS) is 11.4. The summed E-state index contributed by atoms with van der Waals surface area (Å²) in [5.41, 5.74) is 0.606. The Morgan fingerprint density at radius 2 is 2.15 bits per heavy atom. The molecule has 0 aliphatic heterocycles. The summed E-state index contributed by atoms with van der Waals surface area (Å²) in [6.07, 6.45) is 1.56. The highest BCUT2D eigenvalue weighted by Gasteiger charge is 2.06. The van der Waals surface area contributed by atoms with Crippen molar-refractivity contribution >= 4 is 10.0 Å². The highest BCUT2D eigenvalue weighted by molar-refractivity contribution is 7.89. The number of ether oxygens (including phenoxy) is 1. The van der Waals surface area contributed by atoms with E-state index in [1.807, 2.05) is 0 Å². The van der Waals surface area contributed by atoms with Crippen molar-refractivity contribution in [2.75, 3.05) is 18.9 Å². The van der Waals surface area contributed by atoms with Gasteiger partial charge < -0.3 is 9.15 Å². The van der Waals surface area contributed by atoms with E-state index in [0.717, 1.165) is 0 Å². The Kier molecular flexibility index (Phi) is 4.70. The average molecular weight is 297 g/mol. The summed E-state index contributed by atoms with van der Waals surface area (Å²) in [6.45, 7) is 1.95. The zero-order valence-corrected chi connectivity index (χ0v) is 11.8. The Labute approximate surface area is 117 Å². The molecule has 2 aromatic rings. The highest BCUT2D eigenvalue weighted by atomic mass is 32.2. The van der Waals surface area contributed by atoms with Crippen molar-refractivity contribution in [3.8, 4) is 17.3 Å². The number of hydrogen-bond donors (Lipinski definition) is 1. The van der Waals surface area contributed by atoms with E-state index in [2.05, 4.69) is 14.9 Å². The van der Waals surface area contributed by atoms with Crippen LogP contribution in [0.15, 0.2) is 34.9 Å². The fraction of sp³-hybridized carbons (Fsp3) is 0.333. The molecule has 1 N–H and O–H groups in total. The van der Waals surface area contributed by atoms with Gasteiger partial charge in [-0.3, -0.25) is 0 Å². The van der Waals surface area contributed by atoms with Gasteiger partial charge in [0.25, 0.3) is 0 Å². The molecule has 7 nitrogen and oxygen atoms in total. The molecule has 0 aliphatic rings. The zero-order valence-electron chi connectivity index (χ0n) is 10.9. The van der Waals surface area contributed by atoms with Crippen molar-refractivity contribution in [1.82, 2.24) is 14.9 Å². The minimum absolute atomic E-state index is 0.0463. The quantitative estimate of drug-likeness (QED) is 0.768. The summed E-state index contributed by atoms with van der Waals surface area (Å²) in [7, 11) is -3.19. The molecule has 108 valence electrons. The molecule has 0 radical (unpaired) electrons. The second-order valence-corrected chi connectivity index (χ2v) is 5.98. The number of nitrogens with one attached hydrogen (secondary N) is 1. The van der Waals surface area contributed by atoms with E-state index < -0.39 is 10.0 Å². The van der Waals surface area contributed by atoms with E-state index in [-0.39, 0.29) is 18.9 Å². The summed E-state index contributed by atoms with van der Waals surface area (Å²) >= 11 is 0. The summed E-state index contributed by atoms with van der Waals surface area (Å²) < 4.78 is 35.2. The number of hydrogen-bond acceptors (Lipinski definition) is 6. The molecule has 0 spiro atoms. The lowest BCUT2D eigenvalue weighted by atomic mass is 10.3. The van der Waals surface area contributed by atoms with Crippen LogP contribution in [0.5, 0.6) is 5.88 Å². The first kappa shape index (κ1) is 14.5. The van der Waals surface area contributed by atoms with Gasteiger partial charge in [0.1, 0.15) is 12.3 Å². The molecule has 8 heteroatoms. The van der Waals surface area contributed by atoms with E-state index in [0.29, 0.717) is 17.3 Å². The van der Waals surface area contributed by atoms with Gasteiger partial charge in [-0.15, -0.1) is 10.2 Å². The highest BCUT2D eigenvalue weighted by Crippen LogP contribution is 2.17. The van der Waals surface area contributed by atoms with Gasteiger partial charge >= 0.3 is 0 Å². The van der Waals surface area contributed by atoms with Gasteiger partial charge in [-0.25, -0.2) is 13.1 Å². The molecule has 0 aromatic carbocycles. The van der Waals surface area contributed by atoms with E-state index in [1.54, 1.807) is 37.5 Å². The Bertz CT molecular complexity index is 623. The van der Waals surface area contributed by atoms with Crippen LogP contribution in [-0.4, -0.2) is 37.5 Å². The molecular formula is C12H15N3O4S. The molecule has 0 unspecified atom stereocenters. The Balaban J connectivity index is 1.83. The van der Waals surface area contributed by atoms with E-state index in [4.69, 9.17) is 9.15 Å². The number of sulfonamides is 1. The van der Waals surface area contributed by atoms with Crippen LogP contribution in [-0.2, 0) is 10.0 Å². The average Bonchev–Trinajstić information content (AvgIpc) is 2.98. The van der Waals surface area contributed by atoms with Crippen molar-refractivity contribution in [2.24, 2.45) is 0 Å². The predicted octanol–water partition coefficient (Wildman–Crippen LogP) is 1.05. The van der Waals surface area contributed by atoms with Gasteiger partial charge in [0.2, 0.25) is 15.9 Å².